The molecule has 6 nitrogen and oxygen atoms in total. The smallest absolute Gasteiger partial charge is 0.274 e. The summed E-state index contributed by atoms with van der Waals surface area (Å²) in [6.45, 7) is 0.734. The van der Waals surface area contributed by atoms with E-state index in [0.29, 0.717) is 12.3 Å². The molecule has 0 aliphatic carbocycles. The molecule has 0 aromatic rings. The molecule has 13 heavy (non-hydrogen) atoms. The summed E-state index contributed by atoms with van der Waals surface area (Å²) in [7, 11) is 0. The molecule has 0 spiro atoms. The Morgan fingerprint density at radius 2 is 2.15 bits per heavy atom. The molecule has 0 atom stereocenters. The van der Waals surface area contributed by atoms with Crippen LogP contribution in [0.4, 0.5) is 0 Å². The number of aliphatic hydroxyl groups is 1. The highest BCUT2D eigenvalue weighted by Gasteiger charge is 1.99. The van der Waals surface area contributed by atoms with Crippen molar-refractivity contribution in [3.05, 3.63) is 22.1 Å². The fourth-order valence-electron chi connectivity index (χ4n) is 0.640. The zero-order valence-electron chi connectivity index (χ0n) is 7.06. The van der Waals surface area contributed by atoms with E-state index < -0.39 is 4.92 Å². The van der Waals surface area contributed by atoms with E-state index in [1.165, 1.54) is 0 Å². The molecule has 0 bridgehead atoms. The number of rotatable bonds is 7. The molecule has 0 aliphatic heterocycles. The molecule has 0 aromatic heterocycles. The van der Waals surface area contributed by atoms with Crippen molar-refractivity contribution in [2.45, 2.75) is 0 Å². The standard InChI is InChI=1S/C6H13N3O3S/c10-3-1-7-6(5-9(11)12)8-2-4-13/h5,7-8,10,13H,1-4H2/b6-5+. The van der Waals surface area contributed by atoms with Crippen molar-refractivity contribution in [3.63, 3.8) is 0 Å². The van der Waals surface area contributed by atoms with Crippen LogP contribution in [0.25, 0.3) is 0 Å². The first-order valence-electron chi connectivity index (χ1n) is 3.75. The van der Waals surface area contributed by atoms with Gasteiger partial charge in [0, 0.05) is 18.8 Å². The largest absolute Gasteiger partial charge is 0.395 e. The van der Waals surface area contributed by atoms with Crippen LogP contribution < -0.4 is 10.6 Å². The van der Waals surface area contributed by atoms with Crippen LogP contribution in [0, 0.1) is 10.1 Å². The highest BCUT2D eigenvalue weighted by molar-refractivity contribution is 7.80. The third-order valence-corrected chi connectivity index (χ3v) is 1.31. The van der Waals surface area contributed by atoms with E-state index in [9.17, 15) is 10.1 Å². The van der Waals surface area contributed by atoms with Crippen LogP contribution in [0.15, 0.2) is 12.0 Å². The van der Waals surface area contributed by atoms with Crippen LogP contribution in [0.2, 0.25) is 0 Å². The van der Waals surface area contributed by atoms with E-state index in [0.717, 1.165) is 6.20 Å². The predicted octanol–water partition coefficient (Wildman–Crippen LogP) is -0.837. The summed E-state index contributed by atoms with van der Waals surface area (Å²) in [5, 5.41) is 24.0. The monoisotopic (exact) mass is 207 g/mol. The Morgan fingerprint density at radius 1 is 1.54 bits per heavy atom. The van der Waals surface area contributed by atoms with Gasteiger partial charge in [0.15, 0.2) is 5.82 Å². The predicted molar refractivity (Wildman–Crippen MR) is 52.0 cm³/mol. The summed E-state index contributed by atoms with van der Waals surface area (Å²) in [6, 6.07) is 0. The van der Waals surface area contributed by atoms with Gasteiger partial charge < -0.3 is 15.7 Å². The molecule has 0 radical (unpaired) electrons. The second-order valence-corrected chi connectivity index (χ2v) is 2.58. The van der Waals surface area contributed by atoms with Crippen molar-refractivity contribution in [1.29, 1.82) is 0 Å². The van der Waals surface area contributed by atoms with Crippen molar-refractivity contribution in [2.75, 3.05) is 25.4 Å². The highest BCUT2D eigenvalue weighted by Crippen LogP contribution is 1.84. The zero-order valence-corrected chi connectivity index (χ0v) is 7.96. The number of nitro groups is 1. The Kier molecular flexibility index (Phi) is 7.12. The lowest BCUT2D eigenvalue weighted by Crippen LogP contribution is -2.30. The second-order valence-electron chi connectivity index (χ2n) is 2.13. The fourth-order valence-corrected chi connectivity index (χ4v) is 0.752. The summed E-state index contributed by atoms with van der Waals surface area (Å²) in [6.07, 6.45) is 0.819. The van der Waals surface area contributed by atoms with Crippen molar-refractivity contribution in [2.24, 2.45) is 0 Å². The van der Waals surface area contributed by atoms with E-state index in [1.807, 2.05) is 0 Å². The van der Waals surface area contributed by atoms with Gasteiger partial charge >= 0.3 is 0 Å². The summed E-state index contributed by atoms with van der Waals surface area (Å²) in [4.78, 5) is 9.54. The van der Waals surface area contributed by atoms with Gasteiger partial charge in [0.1, 0.15) is 0 Å². The maximum Gasteiger partial charge on any atom is 0.274 e. The first-order chi connectivity index (χ1) is 6.20. The van der Waals surface area contributed by atoms with Crippen molar-refractivity contribution >= 4 is 12.6 Å². The molecule has 0 aromatic carbocycles. The molecule has 7 heteroatoms. The average molecular weight is 207 g/mol. The highest BCUT2D eigenvalue weighted by atomic mass is 32.1. The molecule has 0 unspecified atom stereocenters. The summed E-state index contributed by atoms with van der Waals surface area (Å²) in [5.74, 6) is 0.865. The summed E-state index contributed by atoms with van der Waals surface area (Å²) in [5.41, 5.74) is 0. The van der Waals surface area contributed by atoms with E-state index in [2.05, 4.69) is 23.3 Å². The van der Waals surface area contributed by atoms with Gasteiger partial charge in [-0.3, -0.25) is 10.1 Å². The van der Waals surface area contributed by atoms with Gasteiger partial charge in [-0.1, -0.05) is 0 Å². The minimum absolute atomic E-state index is 0.0718. The van der Waals surface area contributed by atoms with Gasteiger partial charge in [0.2, 0.25) is 0 Å². The minimum atomic E-state index is -0.564. The molecule has 3 N–H and O–H groups in total. The van der Waals surface area contributed by atoms with Crippen LogP contribution in [-0.4, -0.2) is 35.5 Å². The Labute approximate surface area is 81.6 Å². The molecular weight excluding hydrogens is 194 g/mol. The van der Waals surface area contributed by atoms with Crippen molar-refractivity contribution in [3.8, 4) is 0 Å². The molecular formula is C6H13N3O3S. The molecule has 0 fully saturated rings. The second kappa shape index (κ2) is 7.69. The zero-order chi connectivity index (χ0) is 10.1. The number of nitrogens with zero attached hydrogens (tertiary/aromatic N) is 1. The number of nitrogens with one attached hydrogen (secondary N) is 2. The van der Waals surface area contributed by atoms with Crippen molar-refractivity contribution < 1.29 is 10.0 Å². The fraction of sp³-hybridized carbons (Fsp3) is 0.667. The third kappa shape index (κ3) is 7.41. The van der Waals surface area contributed by atoms with Crippen LogP contribution in [0.1, 0.15) is 0 Å². The normalized spacial score (nSPS) is 11.1. The van der Waals surface area contributed by atoms with Gasteiger partial charge in [0.25, 0.3) is 6.20 Å². The number of hydrogen-bond acceptors (Lipinski definition) is 6. The Morgan fingerprint density at radius 3 is 2.62 bits per heavy atom. The van der Waals surface area contributed by atoms with E-state index in [4.69, 9.17) is 5.11 Å². The number of aliphatic hydroxyl groups excluding tert-OH is 1. The molecule has 0 saturated heterocycles. The molecule has 0 amide bonds. The SMILES string of the molecule is O=[N+]([O-])/C=C(\NCCO)NCCS. The van der Waals surface area contributed by atoms with Crippen molar-refractivity contribution in [1.82, 2.24) is 10.6 Å². The number of thiol groups is 1. The molecule has 0 rings (SSSR count). The average Bonchev–Trinajstić information content (AvgIpc) is 2.09. The first-order valence-corrected chi connectivity index (χ1v) is 4.38. The topological polar surface area (TPSA) is 87.4 Å². The lowest BCUT2D eigenvalue weighted by molar-refractivity contribution is -0.404. The van der Waals surface area contributed by atoms with E-state index in [1.54, 1.807) is 0 Å². The number of hydrogen-bond donors (Lipinski definition) is 4. The first kappa shape index (κ1) is 12.0. The van der Waals surface area contributed by atoms with Gasteiger partial charge in [-0.2, -0.15) is 12.6 Å². The third-order valence-electron chi connectivity index (χ3n) is 1.09. The van der Waals surface area contributed by atoms with Gasteiger partial charge in [-0.05, 0) is 0 Å². The Bertz CT molecular complexity index is 176. The van der Waals surface area contributed by atoms with E-state index in [-0.39, 0.29) is 19.0 Å². The molecule has 0 aliphatic rings. The molecule has 0 saturated carbocycles. The summed E-state index contributed by atoms with van der Waals surface area (Å²) < 4.78 is 0. The van der Waals surface area contributed by atoms with Crippen LogP contribution >= 0.6 is 12.6 Å². The Hall–Kier alpha value is -0.950. The van der Waals surface area contributed by atoms with Crippen LogP contribution in [-0.2, 0) is 0 Å². The van der Waals surface area contributed by atoms with Gasteiger partial charge in [-0.15, -0.1) is 0 Å². The van der Waals surface area contributed by atoms with E-state index >= 15 is 0 Å². The van der Waals surface area contributed by atoms with Crippen LogP contribution in [0.5, 0.6) is 0 Å². The molecule has 76 valence electrons. The summed E-state index contributed by atoms with van der Waals surface area (Å²) >= 11 is 3.94. The quantitative estimate of drug-likeness (QED) is 0.248. The van der Waals surface area contributed by atoms with Gasteiger partial charge in [-0.25, -0.2) is 0 Å². The maximum atomic E-state index is 10.1. The van der Waals surface area contributed by atoms with Crippen LogP contribution in [0.3, 0.4) is 0 Å². The van der Waals surface area contributed by atoms with Gasteiger partial charge in [0.05, 0.1) is 11.5 Å². The lowest BCUT2D eigenvalue weighted by atomic mass is 10.6. The minimum Gasteiger partial charge on any atom is -0.395 e. The maximum absolute atomic E-state index is 10.1. The molecule has 0 heterocycles. The lowest BCUT2D eigenvalue weighted by Gasteiger charge is -2.08. The Balaban J connectivity index is 3.94.